The van der Waals surface area contributed by atoms with Crippen molar-refractivity contribution >= 4 is 34.1 Å². The van der Waals surface area contributed by atoms with Crippen LogP contribution in [0.5, 0.6) is 0 Å². The van der Waals surface area contributed by atoms with Crippen LogP contribution in [0.15, 0.2) is 33.0 Å². The third-order valence-electron chi connectivity index (χ3n) is 4.24. The summed E-state index contributed by atoms with van der Waals surface area (Å²) in [7, 11) is 0. The second-order valence-corrected chi connectivity index (χ2v) is 8.96. The number of carbonyl (C=O) groups is 1. The molecule has 0 spiro atoms. The minimum atomic E-state index is -0.318. The average Bonchev–Trinajstić information content (AvgIpc) is 3.21. The molecule has 0 saturated heterocycles. The number of hydrogen-bond donors (Lipinski definition) is 0. The maximum atomic E-state index is 13.1. The molecule has 0 radical (unpaired) electrons. The standard InChI is InChI=1S/C18H18FN5O2S2/c1-3-14(25)24(13-8-9-13)17-22-23-18(28-17)27-10(2)15-20-21-16(26-15)11-4-6-12(19)7-5-11/h4-7,10,13H,3,8-9H2,1-2H3/t10-/m1/s1. The summed E-state index contributed by atoms with van der Waals surface area (Å²) < 4.78 is 19.5. The Morgan fingerprint density at radius 2 is 2.04 bits per heavy atom. The molecule has 1 aliphatic rings. The van der Waals surface area contributed by atoms with Crippen LogP contribution in [0.25, 0.3) is 11.5 Å². The van der Waals surface area contributed by atoms with Gasteiger partial charge in [-0.1, -0.05) is 30.0 Å². The Hall–Kier alpha value is -2.33. The number of anilines is 1. The maximum Gasteiger partial charge on any atom is 0.247 e. The van der Waals surface area contributed by atoms with Crippen molar-refractivity contribution in [2.45, 2.75) is 48.7 Å². The van der Waals surface area contributed by atoms with Gasteiger partial charge in [0, 0.05) is 18.0 Å². The number of halogens is 1. The topological polar surface area (TPSA) is 85.0 Å². The van der Waals surface area contributed by atoms with Gasteiger partial charge < -0.3 is 4.42 Å². The molecule has 1 amide bonds. The fraction of sp³-hybridized carbons (Fsp3) is 0.389. The highest BCUT2D eigenvalue weighted by Crippen LogP contribution is 2.40. The smallest absolute Gasteiger partial charge is 0.247 e. The quantitative estimate of drug-likeness (QED) is 0.412. The number of nitrogens with zero attached hydrogens (tertiary/aromatic N) is 5. The largest absolute Gasteiger partial charge is 0.419 e. The van der Waals surface area contributed by atoms with Crippen molar-refractivity contribution < 1.29 is 13.6 Å². The first-order valence-corrected chi connectivity index (χ1v) is 10.7. The van der Waals surface area contributed by atoms with Gasteiger partial charge in [-0.15, -0.1) is 20.4 Å². The normalized spacial score (nSPS) is 14.8. The molecule has 2 heterocycles. The van der Waals surface area contributed by atoms with Crippen LogP contribution in [-0.2, 0) is 4.79 Å². The molecule has 1 aliphatic carbocycles. The molecule has 1 saturated carbocycles. The van der Waals surface area contributed by atoms with Crippen molar-refractivity contribution in [2.24, 2.45) is 0 Å². The van der Waals surface area contributed by atoms with Crippen molar-refractivity contribution in [2.75, 3.05) is 4.90 Å². The molecule has 1 fully saturated rings. The SMILES string of the molecule is CCC(=O)N(c1nnc(S[C@H](C)c2nnc(-c3ccc(F)cc3)o2)s1)C1CC1. The van der Waals surface area contributed by atoms with Gasteiger partial charge in [0.15, 0.2) is 4.34 Å². The van der Waals surface area contributed by atoms with Gasteiger partial charge in [-0.2, -0.15) is 0 Å². The molecule has 0 N–H and O–H groups in total. The molecule has 4 rings (SSSR count). The number of hydrogen-bond acceptors (Lipinski definition) is 8. The third kappa shape index (κ3) is 4.07. The summed E-state index contributed by atoms with van der Waals surface area (Å²) in [5.74, 6) is 0.545. The number of carbonyl (C=O) groups excluding carboxylic acids is 1. The fourth-order valence-electron chi connectivity index (χ4n) is 2.63. The van der Waals surface area contributed by atoms with E-state index in [0.717, 1.165) is 17.2 Å². The lowest BCUT2D eigenvalue weighted by atomic mass is 10.2. The molecule has 10 heteroatoms. The van der Waals surface area contributed by atoms with Crippen molar-refractivity contribution in [3.05, 3.63) is 36.0 Å². The summed E-state index contributed by atoms with van der Waals surface area (Å²) in [6.45, 7) is 3.79. The molecule has 1 atom stereocenters. The molecule has 28 heavy (non-hydrogen) atoms. The van der Waals surface area contributed by atoms with E-state index in [2.05, 4.69) is 20.4 Å². The van der Waals surface area contributed by atoms with Gasteiger partial charge in [-0.25, -0.2) is 4.39 Å². The summed E-state index contributed by atoms with van der Waals surface area (Å²) in [6, 6.07) is 6.15. The van der Waals surface area contributed by atoms with Gasteiger partial charge in [-0.3, -0.25) is 9.69 Å². The molecule has 146 valence electrons. The Balaban J connectivity index is 1.46. The van der Waals surface area contributed by atoms with E-state index in [-0.39, 0.29) is 23.0 Å². The lowest BCUT2D eigenvalue weighted by Crippen LogP contribution is -2.32. The number of amides is 1. The predicted molar refractivity (Wildman–Crippen MR) is 105 cm³/mol. The van der Waals surface area contributed by atoms with Crippen molar-refractivity contribution in [3.8, 4) is 11.5 Å². The monoisotopic (exact) mass is 419 g/mol. The molecule has 0 aliphatic heterocycles. The zero-order chi connectivity index (χ0) is 19.7. The van der Waals surface area contributed by atoms with Gasteiger partial charge in [0.25, 0.3) is 0 Å². The van der Waals surface area contributed by atoms with Crippen LogP contribution in [0.4, 0.5) is 9.52 Å². The second-order valence-electron chi connectivity index (χ2n) is 6.41. The molecular weight excluding hydrogens is 401 g/mol. The van der Waals surface area contributed by atoms with Crippen molar-refractivity contribution in [1.82, 2.24) is 20.4 Å². The van der Waals surface area contributed by atoms with Gasteiger partial charge in [0.2, 0.25) is 22.8 Å². The summed E-state index contributed by atoms with van der Waals surface area (Å²) in [5, 5.41) is 17.0. The number of aromatic nitrogens is 4. The minimum Gasteiger partial charge on any atom is -0.419 e. The second kappa shape index (κ2) is 7.96. The first kappa shape index (κ1) is 19.0. The van der Waals surface area contributed by atoms with E-state index < -0.39 is 0 Å². The van der Waals surface area contributed by atoms with E-state index in [4.69, 9.17) is 4.42 Å². The molecule has 2 aromatic heterocycles. The zero-order valence-electron chi connectivity index (χ0n) is 15.3. The predicted octanol–water partition coefficient (Wildman–Crippen LogP) is 4.49. The molecule has 3 aromatic rings. The minimum absolute atomic E-state index is 0.0732. The van der Waals surface area contributed by atoms with Crippen molar-refractivity contribution in [1.29, 1.82) is 0 Å². The Morgan fingerprint density at radius 3 is 2.71 bits per heavy atom. The van der Waals surface area contributed by atoms with Crippen molar-refractivity contribution in [3.63, 3.8) is 0 Å². The molecule has 7 nitrogen and oxygen atoms in total. The van der Waals surface area contributed by atoms with Crippen LogP contribution in [0.1, 0.15) is 44.3 Å². The van der Waals surface area contributed by atoms with E-state index in [1.165, 1.54) is 35.2 Å². The zero-order valence-corrected chi connectivity index (χ0v) is 17.0. The van der Waals surface area contributed by atoms with E-state index in [0.29, 0.717) is 28.9 Å². The van der Waals surface area contributed by atoms with Gasteiger partial charge in [0.1, 0.15) is 5.82 Å². The Kier molecular flexibility index (Phi) is 5.40. The van der Waals surface area contributed by atoms with Gasteiger partial charge in [0.05, 0.1) is 5.25 Å². The summed E-state index contributed by atoms with van der Waals surface area (Å²) in [6.07, 6.45) is 2.47. The Bertz CT molecular complexity index is 971. The number of thioether (sulfide) groups is 1. The molecule has 1 aromatic carbocycles. The summed E-state index contributed by atoms with van der Waals surface area (Å²) in [4.78, 5) is 14.0. The lowest BCUT2D eigenvalue weighted by molar-refractivity contribution is -0.118. The maximum absolute atomic E-state index is 13.1. The Labute approximate surface area is 169 Å². The van der Waals surface area contributed by atoms with Crippen LogP contribution < -0.4 is 4.90 Å². The van der Waals surface area contributed by atoms with Crippen LogP contribution >= 0.6 is 23.1 Å². The summed E-state index contributed by atoms with van der Waals surface area (Å²) in [5.41, 5.74) is 0.661. The highest BCUT2D eigenvalue weighted by Gasteiger charge is 2.35. The van der Waals surface area contributed by atoms with Crippen LogP contribution in [-0.4, -0.2) is 32.3 Å². The van der Waals surface area contributed by atoms with Gasteiger partial charge >= 0.3 is 0 Å². The first-order chi connectivity index (χ1) is 13.5. The summed E-state index contributed by atoms with van der Waals surface area (Å²) >= 11 is 2.84. The fourth-order valence-corrected chi connectivity index (χ4v) is 4.73. The van der Waals surface area contributed by atoms with E-state index >= 15 is 0 Å². The molecular formula is C18H18FN5O2S2. The average molecular weight is 420 g/mol. The highest BCUT2D eigenvalue weighted by molar-refractivity contribution is 8.01. The van der Waals surface area contributed by atoms with Crippen LogP contribution in [0.3, 0.4) is 0 Å². The Morgan fingerprint density at radius 1 is 1.29 bits per heavy atom. The molecule has 0 bridgehead atoms. The first-order valence-electron chi connectivity index (χ1n) is 8.96. The number of rotatable bonds is 7. The van der Waals surface area contributed by atoms with Crippen LogP contribution in [0, 0.1) is 5.82 Å². The number of benzene rings is 1. The molecule has 0 unspecified atom stereocenters. The van der Waals surface area contributed by atoms with E-state index in [9.17, 15) is 9.18 Å². The highest BCUT2D eigenvalue weighted by atomic mass is 32.2. The van der Waals surface area contributed by atoms with Gasteiger partial charge in [-0.05, 0) is 44.0 Å². The third-order valence-corrected chi connectivity index (χ3v) is 6.34. The lowest BCUT2D eigenvalue weighted by Gasteiger charge is -2.17. The van der Waals surface area contributed by atoms with E-state index in [1.807, 2.05) is 13.8 Å². The van der Waals surface area contributed by atoms with Crippen LogP contribution in [0.2, 0.25) is 0 Å². The van der Waals surface area contributed by atoms with E-state index in [1.54, 1.807) is 17.0 Å².